The van der Waals surface area contributed by atoms with E-state index in [-0.39, 0.29) is 35.8 Å². The lowest BCUT2D eigenvalue weighted by molar-refractivity contribution is -0.133. The summed E-state index contributed by atoms with van der Waals surface area (Å²) in [7, 11) is 1.55. The van der Waals surface area contributed by atoms with Crippen molar-refractivity contribution < 1.29 is 33.4 Å². The number of carbonyl (C=O) groups excluding carboxylic acids is 4. The minimum absolute atomic E-state index is 0.0208. The number of nitrogens with one attached hydrogen (secondary N) is 2. The van der Waals surface area contributed by atoms with Crippen molar-refractivity contribution in [1.29, 1.82) is 0 Å². The van der Waals surface area contributed by atoms with Crippen molar-refractivity contribution in [2.45, 2.75) is 44.2 Å². The Hall–Kier alpha value is -3.40. The molecule has 2 aliphatic heterocycles. The molecule has 5 atom stereocenters. The van der Waals surface area contributed by atoms with Gasteiger partial charge in [-0.25, -0.2) is 0 Å². The highest BCUT2D eigenvalue weighted by Crippen LogP contribution is 2.43. The largest absolute Gasteiger partial charge is 0.496 e. The van der Waals surface area contributed by atoms with Gasteiger partial charge in [-0.3, -0.25) is 19.2 Å². The summed E-state index contributed by atoms with van der Waals surface area (Å²) in [6, 6.07) is 5.19. The Labute approximate surface area is 208 Å². The van der Waals surface area contributed by atoms with Gasteiger partial charge in [-0.1, -0.05) is 12.5 Å². The molecule has 0 radical (unpaired) electrons. The van der Waals surface area contributed by atoms with Crippen LogP contribution in [0.2, 0.25) is 0 Å². The lowest BCUT2D eigenvalue weighted by Gasteiger charge is -2.28. The van der Waals surface area contributed by atoms with Gasteiger partial charge in [0, 0.05) is 25.1 Å². The van der Waals surface area contributed by atoms with Gasteiger partial charge in [0.05, 0.1) is 18.5 Å². The summed E-state index contributed by atoms with van der Waals surface area (Å²) in [5.74, 6) is -1.05. The number of aliphatic hydroxyl groups excluding tert-OH is 1. The molecule has 3 heterocycles. The quantitative estimate of drug-likeness (QED) is 0.499. The SMILES string of the molecule is COc1cccc2oc(C(=O)N3CC4CCCC4C3C(=O)N[C@@H](C[C@@H]3CCNC3=O)C(=O)CO)cc12. The molecule has 10 heteroatoms. The molecule has 36 heavy (non-hydrogen) atoms. The number of benzene rings is 1. The van der Waals surface area contributed by atoms with Gasteiger partial charge < -0.3 is 29.8 Å². The number of hydrogen-bond donors (Lipinski definition) is 3. The van der Waals surface area contributed by atoms with Crippen LogP contribution in [0.5, 0.6) is 5.75 Å². The number of ether oxygens (including phenoxy) is 1. The molecule has 2 aromatic rings. The Kier molecular flexibility index (Phi) is 6.70. The second-order valence-corrected chi connectivity index (χ2v) is 9.94. The van der Waals surface area contributed by atoms with E-state index < -0.39 is 36.3 Å². The predicted octanol–water partition coefficient (Wildman–Crippen LogP) is 1.25. The van der Waals surface area contributed by atoms with E-state index in [0.29, 0.717) is 36.2 Å². The molecule has 0 bridgehead atoms. The van der Waals surface area contributed by atoms with Gasteiger partial charge in [-0.2, -0.15) is 0 Å². The zero-order valence-corrected chi connectivity index (χ0v) is 20.2. The van der Waals surface area contributed by atoms with Gasteiger partial charge in [-0.05, 0) is 49.7 Å². The Morgan fingerprint density at radius 3 is 2.83 bits per heavy atom. The van der Waals surface area contributed by atoms with Crippen LogP contribution in [-0.4, -0.2) is 72.4 Å². The minimum atomic E-state index is -0.996. The van der Waals surface area contributed by atoms with Crippen LogP contribution in [0, 0.1) is 17.8 Å². The normalized spacial score (nSPS) is 26.1. The monoisotopic (exact) mass is 497 g/mol. The third-order valence-electron chi connectivity index (χ3n) is 7.92. The van der Waals surface area contributed by atoms with E-state index in [2.05, 4.69) is 10.6 Å². The zero-order chi connectivity index (χ0) is 25.4. The minimum Gasteiger partial charge on any atom is -0.496 e. The van der Waals surface area contributed by atoms with Gasteiger partial charge in [-0.15, -0.1) is 0 Å². The van der Waals surface area contributed by atoms with Gasteiger partial charge in [0.1, 0.15) is 24.0 Å². The summed E-state index contributed by atoms with van der Waals surface area (Å²) in [5.41, 5.74) is 0.515. The van der Waals surface area contributed by atoms with Crippen LogP contribution in [0.3, 0.4) is 0 Å². The predicted molar refractivity (Wildman–Crippen MR) is 128 cm³/mol. The number of nitrogens with zero attached hydrogens (tertiary/aromatic N) is 1. The first kappa shape index (κ1) is 24.3. The van der Waals surface area contributed by atoms with E-state index in [1.54, 1.807) is 36.3 Å². The van der Waals surface area contributed by atoms with Crippen LogP contribution in [0.25, 0.3) is 11.0 Å². The van der Waals surface area contributed by atoms with Gasteiger partial charge >= 0.3 is 0 Å². The van der Waals surface area contributed by atoms with Crippen LogP contribution >= 0.6 is 0 Å². The molecule has 5 rings (SSSR count). The Balaban J connectivity index is 1.39. The molecule has 3 unspecified atom stereocenters. The highest BCUT2D eigenvalue weighted by Gasteiger charge is 2.50. The number of carbonyl (C=O) groups is 4. The number of likely N-dealkylation sites (tertiary alicyclic amines) is 1. The average molecular weight is 498 g/mol. The number of hydrogen-bond acceptors (Lipinski definition) is 7. The maximum Gasteiger partial charge on any atom is 0.290 e. The molecule has 1 saturated carbocycles. The van der Waals surface area contributed by atoms with Crippen molar-refractivity contribution in [2.24, 2.45) is 17.8 Å². The van der Waals surface area contributed by atoms with E-state index in [0.717, 1.165) is 19.3 Å². The van der Waals surface area contributed by atoms with Crippen molar-refractivity contribution in [1.82, 2.24) is 15.5 Å². The molecule has 1 aliphatic carbocycles. The lowest BCUT2D eigenvalue weighted by Crippen LogP contribution is -2.53. The summed E-state index contributed by atoms with van der Waals surface area (Å²) >= 11 is 0. The van der Waals surface area contributed by atoms with E-state index >= 15 is 0 Å². The standard InChI is InChI=1S/C26H31N3O7/c1-35-20-6-3-7-21-17(20)11-22(36-21)26(34)29-12-15-4-2-5-16(15)23(29)25(33)28-18(19(31)13-30)10-14-8-9-27-24(14)32/h3,6-7,11,14-16,18,23,30H,2,4-5,8-10,12-13H2,1H3,(H,27,32)(H,28,33)/t14-,15?,16?,18-,23?/m0/s1. The Bertz CT molecular complexity index is 1190. The average Bonchev–Trinajstić information content (AvgIpc) is 3.66. The number of aliphatic hydroxyl groups is 1. The summed E-state index contributed by atoms with van der Waals surface area (Å²) in [4.78, 5) is 53.3. The fourth-order valence-corrected chi connectivity index (χ4v) is 6.10. The van der Waals surface area contributed by atoms with Crippen LogP contribution in [0.15, 0.2) is 28.7 Å². The third kappa shape index (κ3) is 4.34. The topological polar surface area (TPSA) is 138 Å². The molecule has 1 aromatic heterocycles. The second-order valence-electron chi connectivity index (χ2n) is 9.94. The molecule has 3 N–H and O–H groups in total. The van der Waals surface area contributed by atoms with E-state index in [9.17, 15) is 24.3 Å². The molecule has 10 nitrogen and oxygen atoms in total. The van der Waals surface area contributed by atoms with Crippen molar-refractivity contribution in [3.63, 3.8) is 0 Å². The second kappa shape index (κ2) is 9.93. The number of amides is 3. The number of ketones is 1. The number of methoxy groups -OCH3 is 1. The van der Waals surface area contributed by atoms with Crippen molar-refractivity contribution in [2.75, 3.05) is 26.8 Å². The highest BCUT2D eigenvalue weighted by molar-refractivity contribution is 6.01. The first-order valence-corrected chi connectivity index (χ1v) is 12.5. The van der Waals surface area contributed by atoms with Gasteiger partial charge in [0.25, 0.3) is 5.91 Å². The summed E-state index contributed by atoms with van der Waals surface area (Å²) in [6.07, 6.45) is 3.40. The molecular formula is C26H31N3O7. The lowest BCUT2D eigenvalue weighted by atomic mass is 9.92. The van der Waals surface area contributed by atoms with Crippen LogP contribution < -0.4 is 15.4 Å². The Morgan fingerprint density at radius 1 is 1.28 bits per heavy atom. The molecule has 3 amide bonds. The van der Waals surface area contributed by atoms with E-state index in [1.807, 2.05) is 0 Å². The van der Waals surface area contributed by atoms with Crippen molar-refractivity contribution >= 4 is 34.5 Å². The third-order valence-corrected chi connectivity index (χ3v) is 7.92. The fourth-order valence-electron chi connectivity index (χ4n) is 6.10. The van der Waals surface area contributed by atoms with Crippen LogP contribution in [-0.2, 0) is 14.4 Å². The zero-order valence-electron chi connectivity index (χ0n) is 20.2. The summed E-state index contributed by atoms with van der Waals surface area (Å²) in [6.45, 7) is 0.216. The van der Waals surface area contributed by atoms with Crippen molar-refractivity contribution in [3.05, 3.63) is 30.0 Å². The molecule has 3 fully saturated rings. The Morgan fingerprint density at radius 2 is 2.11 bits per heavy atom. The molecule has 192 valence electrons. The van der Waals surface area contributed by atoms with Crippen LogP contribution in [0.4, 0.5) is 0 Å². The molecule has 3 aliphatic rings. The van der Waals surface area contributed by atoms with Crippen LogP contribution in [0.1, 0.15) is 42.7 Å². The number of rotatable bonds is 8. The number of furan rings is 1. The number of Topliss-reactive ketones (excluding diaryl/α,β-unsaturated/α-hetero) is 1. The molecular weight excluding hydrogens is 466 g/mol. The molecule has 0 spiro atoms. The van der Waals surface area contributed by atoms with E-state index in [4.69, 9.17) is 9.15 Å². The van der Waals surface area contributed by atoms with E-state index in [1.165, 1.54) is 0 Å². The fraction of sp³-hybridized carbons (Fsp3) is 0.538. The molecule has 1 aromatic carbocycles. The summed E-state index contributed by atoms with van der Waals surface area (Å²) < 4.78 is 11.2. The molecule has 2 saturated heterocycles. The maximum absolute atomic E-state index is 13.6. The first-order chi connectivity index (χ1) is 17.4. The smallest absolute Gasteiger partial charge is 0.290 e. The highest BCUT2D eigenvalue weighted by atomic mass is 16.5. The van der Waals surface area contributed by atoms with Crippen molar-refractivity contribution in [3.8, 4) is 5.75 Å². The maximum atomic E-state index is 13.6. The van der Waals surface area contributed by atoms with Gasteiger partial charge in [0.15, 0.2) is 11.5 Å². The first-order valence-electron chi connectivity index (χ1n) is 12.5. The van der Waals surface area contributed by atoms with Gasteiger partial charge in [0.2, 0.25) is 11.8 Å². The number of fused-ring (bicyclic) bond motifs is 2. The summed E-state index contributed by atoms with van der Waals surface area (Å²) in [5, 5.41) is 15.7.